The fourth-order valence-electron chi connectivity index (χ4n) is 7.03. The predicted octanol–water partition coefficient (Wildman–Crippen LogP) is 10.1. The van der Waals surface area contributed by atoms with Gasteiger partial charge in [0, 0.05) is 11.3 Å². The number of carbonyl (C=O) groups is 1. The highest BCUT2D eigenvalue weighted by molar-refractivity contribution is 5.98. The van der Waals surface area contributed by atoms with E-state index in [-0.39, 0.29) is 5.91 Å². The molecule has 2 fully saturated rings. The normalized spacial score (nSPS) is 25.9. The Balaban J connectivity index is 1.81. The zero-order valence-corrected chi connectivity index (χ0v) is 27.1. The molecule has 6 atom stereocenters. The number of benzene rings is 1. The van der Waals surface area contributed by atoms with Gasteiger partial charge in [0.2, 0.25) is 0 Å². The van der Waals surface area contributed by atoms with Gasteiger partial charge in [-0.25, -0.2) is 0 Å². The van der Waals surface area contributed by atoms with Gasteiger partial charge in [-0.05, 0) is 116 Å². The molecule has 0 aliphatic heterocycles. The number of hydrogen-bond donors (Lipinski definition) is 1. The molecule has 3 nitrogen and oxygen atoms in total. The average Bonchev–Trinajstić information content (AvgIpc) is 2.95. The van der Waals surface area contributed by atoms with Gasteiger partial charge in [0.25, 0.3) is 5.91 Å². The van der Waals surface area contributed by atoms with Crippen LogP contribution >= 0.6 is 0 Å². The number of ether oxygens (including phenoxy) is 1. The van der Waals surface area contributed by atoms with E-state index in [4.69, 9.17) is 4.74 Å². The van der Waals surface area contributed by atoms with Crippen molar-refractivity contribution < 1.29 is 9.53 Å². The van der Waals surface area contributed by atoms with Crippen molar-refractivity contribution in [3.05, 3.63) is 108 Å². The van der Waals surface area contributed by atoms with Crippen LogP contribution in [0.1, 0.15) is 90.7 Å². The maximum Gasteiger partial charge on any atom is 0.255 e. The maximum atomic E-state index is 13.0. The Labute approximate surface area is 255 Å². The van der Waals surface area contributed by atoms with Crippen LogP contribution in [0.4, 0.5) is 0 Å². The molecule has 0 aromatic heterocycles. The molecule has 1 amide bonds. The molecule has 2 bridgehead atoms. The van der Waals surface area contributed by atoms with Crippen LogP contribution in [-0.2, 0) is 4.79 Å². The topological polar surface area (TPSA) is 38.3 Å². The number of rotatable bonds is 12. The number of nitrogens with one attached hydrogen (secondary N) is 1. The maximum absolute atomic E-state index is 13.0. The van der Waals surface area contributed by atoms with Gasteiger partial charge < -0.3 is 10.1 Å². The zero-order chi connectivity index (χ0) is 30.8. The van der Waals surface area contributed by atoms with Gasteiger partial charge >= 0.3 is 0 Å². The van der Waals surface area contributed by atoms with E-state index in [0.717, 1.165) is 41.1 Å². The molecule has 0 heterocycles. The number of amides is 1. The van der Waals surface area contributed by atoms with Gasteiger partial charge in [-0.15, -0.1) is 0 Å². The van der Waals surface area contributed by atoms with Crippen LogP contribution in [0.3, 0.4) is 0 Å². The lowest BCUT2D eigenvalue weighted by Crippen LogP contribution is -2.35. The highest BCUT2D eigenvalue weighted by atomic mass is 16.5. The Kier molecular flexibility index (Phi) is 12.5. The second-order valence-electron chi connectivity index (χ2n) is 12.7. The summed E-state index contributed by atoms with van der Waals surface area (Å²) >= 11 is 0. The molecule has 2 aliphatic carbocycles. The van der Waals surface area contributed by atoms with E-state index in [0.29, 0.717) is 29.0 Å². The molecule has 226 valence electrons. The van der Waals surface area contributed by atoms with Crippen molar-refractivity contribution in [2.75, 3.05) is 7.11 Å². The van der Waals surface area contributed by atoms with Crippen LogP contribution in [0, 0.1) is 29.6 Å². The second kappa shape index (κ2) is 15.8. The van der Waals surface area contributed by atoms with E-state index >= 15 is 0 Å². The Bertz CT molecular complexity index is 1270. The summed E-state index contributed by atoms with van der Waals surface area (Å²) in [5.41, 5.74) is 5.77. The summed E-state index contributed by atoms with van der Waals surface area (Å²) in [6, 6.07) is 6.68. The van der Waals surface area contributed by atoms with Crippen LogP contribution in [0.15, 0.2) is 96.8 Å². The third kappa shape index (κ3) is 8.84. The molecule has 1 aromatic rings. The summed E-state index contributed by atoms with van der Waals surface area (Å²) in [4.78, 5) is 13.0. The van der Waals surface area contributed by atoms with E-state index in [9.17, 15) is 4.79 Å². The first-order chi connectivity index (χ1) is 20.1. The molecular formula is C39H53NO2. The van der Waals surface area contributed by atoms with Crippen molar-refractivity contribution in [1.29, 1.82) is 0 Å². The van der Waals surface area contributed by atoms with Crippen LogP contribution in [0.2, 0.25) is 0 Å². The Morgan fingerprint density at radius 2 is 1.90 bits per heavy atom. The summed E-state index contributed by atoms with van der Waals surface area (Å²) in [7, 11) is 1.80. The highest BCUT2D eigenvalue weighted by Crippen LogP contribution is 2.53. The lowest BCUT2D eigenvalue weighted by molar-refractivity contribution is -0.116. The number of methoxy groups -OCH3 is 1. The SMILES string of the molecule is C=C\C=C(/C=C(C)/C=C\C(=C/C)c1ccc(OC)c(C2C(C)CC3CC(C)CC2C3)c1)C(=O)NC(=C)/C=C\C(C)CC. The zero-order valence-electron chi connectivity index (χ0n) is 27.1. The molecule has 3 rings (SSSR count). The largest absolute Gasteiger partial charge is 0.496 e. The second-order valence-corrected chi connectivity index (χ2v) is 12.7. The van der Waals surface area contributed by atoms with Crippen molar-refractivity contribution in [1.82, 2.24) is 5.32 Å². The first-order valence-electron chi connectivity index (χ1n) is 15.8. The minimum atomic E-state index is -0.201. The Morgan fingerprint density at radius 3 is 2.57 bits per heavy atom. The molecule has 3 heteroatoms. The number of fused-ring (bicyclic) bond motifs is 2. The van der Waals surface area contributed by atoms with E-state index in [1.54, 1.807) is 19.3 Å². The lowest BCUT2D eigenvalue weighted by atomic mass is 9.58. The molecule has 42 heavy (non-hydrogen) atoms. The van der Waals surface area contributed by atoms with Crippen molar-refractivity contribution >= 4 is 11.5 Å². The van der Waals surface area contributed by atoms with Crippen LogP contribution in [0.5, 0.6) is 5.75 Å². The molecule has 2 saturated carbocycles. The van der Waals surface area contributed by atoms with E-state index in [1.807, 2.05) is 19.1 Å². The smallest absolute Gasteiger partial charge is 0.255 e. The molecule has 0 spiro atoms. The predicted molar refractivity (Wildman–Crippen MR) is 180 cm³/mol. The van der Waals surface area contributed by atoms with Crippen molar-refractivity contribution in [2.45, 2.75) is 79.6 Å². The van der Waals surface area contributed by atoms with Crippen molar-refractivity contribution in [3.8, 4) is 5.75 Å². The van der Waals surface area contributed by atoms with Gasteiger partial charge in [0.1, 0.15) is 5.75 Å². The highest BCUT2D eigenvalue weighted by Gasteiger charge is 2.41. The summed E-state index contributed by atoms with van der Waals surface area (Å²) in [6.07, 6.45) is 22.0. The van der Waals surface area contributed by atoms with Gasteiger partial charge in [-0.2, -0.15) is 0 Å². The molecule has 6 unspecified atom stereocenters. The lowest BCUT2D eigenvalue weighted by Gasteiger charge is -2.47. The van der Waals surface area contributed by atoms with Crippen LogP contribution in [-0.4, -0.2) is 13.0 Å². The standard InChI is InChI=1S/C39H53NO2/c1-10-13-34(39(41)40-30(8)16-14-26(4)11-2)21-27(5)15-17-32(12-3)33-18-19-37(42-9)36(25-33)38-29(7)23-31-20-28(6)22-35(38)24-31/h10,12-19,21,25-26,28-29,31,35,38H,1,8,11,20,22-24H2,2-7,9H3,(H,40,41)/b16-14-,17-15-,27-21+,32-12+,34-13+. The van der Waals surface area contributed by atoms with Gasteiger partial charge in [-0.1, -0.05) is 95.4 Å². The fraction of sp³-hybridized carbons (Fsp3) is 0.462. The number of allylic oxidation sites excluding steroid dienone is 9. The number of carbonyl (C=O) groups excluding carboxylic acids is 1. The van der Waals surface area contributed by atoms with E-state index in [1.165, 1.54) is 36.8 Å². The van der Waals surface area contributed by atoms with E-state index < -0.39 is 0 Å². The molecule has 1 aromatic carbocycles. The summed E-state index contributed by atoms with van der Waals surface area (Å²) < 4.78 is 5.92. The quantitative estimate of drug-likeness (QED) is 0.202. The molecular weight excluding hydrogens is 514 g/mol. The Morgan fingerprint density at radius 1 is 1.14 bits per heavy atom. The third-order valence-corrected chi connectivity index (χ3v) is 9.15. The summed E-state index contributed by atoms with van der Waals surface area (Å²) in [5, 5.41) is 2.89. The first kappa shape index (κ1) is 33.2. The number of hydrogen-bond acceptors (Lipinski definition) is 2. The van der Waals surface area contributed by atoms with Gasteiger partial charge in [-0.3, -0.25) is 4.79 Å². The third-order valence-electron chi connectivity index (χ3n) is 9.15. The minimum Gasteiger partial charge on any atom is -0.496 e. The minimum absolute atomic E-state index is 0.201. The monoisotopic (exact) mass is 567 g/mol. The fourth-order valence-corrected chi connectivity index (χ4v) is 7.03. The first-order valence-corrected chi connectivity index (χ1v) is 15.8. The summed E-state index contributed by atoms with van der Waals surface area (Å²) in [5.74, 6) is 4.84. The molecule has 0 radical (unpaired) electrons. The molecule has 1 N–H and O–H groups in total. The van der Waals surface area contributed by atoms with E-state index in [2.05, 4.69) is 95.6 Å². The van der Waals surface area contributed by atoms with Gasteiger partial charge in [0.15, 0.2) is 0 Å². The van der Waals surface area contributed by atoms with Crippen molar-refractivity contribution in [2.24, 2.45) is 29.6 Å². The van der Waals surface area contributed by atoms with Crippen LogP contribution < -0.4 is 10.1 Å². The van der Waals surface area contributed by atoms with Gasteiger partial charge in [0.05, 0.1) is 7.11 Å². The molecule has 2 aliphatic rings. The summed E-state index contributed by atoms with van der Waals surface area (Å²) in [6.45, 7) is 21.0. The Hall–Kier alpha value is -3.33. The molecule has 0 saturated heterocycles. The van der Waals surface area contributed by atoms with Crippen LogP contribution in [0.25, 0.3) is 5.57 Å². The van der Waals surface area contributed by atoms with Crippen molar-refractivity contribution in [3.63, 3.8) is 0 Å². The average molecular weight is 568 g/mol.